The van der Waals surface area contributed by atoms with Gasteiger partial charge in [-0.05, 0) is 68.0 Å². The third-order valence-corrected chi connectivity index (χ3v) is 5.35. The second kappa shape index (κ2) is 6.00. The van der Waals surface area contributed by atoms with Crippen molar-refractivity contribution >= 4 is 16.9 Å². The molecule has 0 spiro atoms. The summed E-state index contributed by atoms with van der Waals surface area (Å²) >= 11 is 0. The fourth-order valence-corrected chi connectivity index (χ4v) is 3.94. The predicted molar refractivity (Wildman–Crippen MR) is 90.5 cm³/mol. The van der Waals surface area contributed by atoms with E-state index in [0.717, 1.165) is 48.9 Å². The molecule has 2 N–H and O–H groups in total. The van der Waals surface area contributed by atoms with Crippen LogP contribution in [-0.4, -0.2) is 25.0 Å². The number of furan rings is 1. The van der Waals surface area contributed by atoms with Gasteiger partial charge in [0, 0.05) is 17.0 Å². The molecule has 2 aliphatic rings. The van der Waals surface area contributed by atoms with Crippen LogP contribution in [0.4, 0.5) is 0 Å². The lowest BCUT2D eigenvalue weighted by Crippen LogP contribution is -2.48. The summed E-state index contributed by atoms with van der Waals surface area (Å²) in [5.74, 6) is 0.587. The molecule has 1 saturated heterocycles. The van der Waals surface area contributed by atoms with Crippen LogP contribution in [0, 0.1) is 5.92 Å². The zero-order valence-electron chi connectivity index (χ0n) is 13.7. The van der Waals surface area contributed by atoms with Crippen molar-refractivity contribution < 1.29 is 9.21 Å². The van der Waals surface area contributed by atoms with E-state index in [9.17, 15) is 4.79 Å². The van der Waals surface area contributed by atoms with E-state index in [-0.39, 0.29) is 11.9 Å². The molecule has 1 fully saturated rings. The third-order valence-electron chi connectivity index (χ3n) is 5.35. The molecule has 4 heteroatoms. The number of fused-ring (bicyclic) bond motifs is 2. The molecule has 122 valence electrons. The van der Waals surface area contributed by atoms with E-state index in [4.69, 9.17) is 4.42 Å². The Bertz CT molecular complexity index is 734. The van der Waals surface area contributed by atoms with Crippen molar-refractivity contribution in [1.82, 2.24) is 10.6 Å². The van der Waals surface area contributed by atoms with Crippen LogP contribution in [0.1, 0.15) is 36.5 Å². The molecule has 1 aromatic heterocycles. The lowest BCUT2D eigenvalue weighted by molar-refractivity contribution is -0.121. The number of carbonyl (C=O) groups excluding carboxylic acids is 1. The van der Waals surface area contributed by atoms with Gasteiger partial charge in [-0.25, -0.2) is 0 Å². The van der Waals surface area contributed by atoms with Gasteiger partial charge in [-0.15, -0.1) is 0 Å². The van der Waals surface area contributed by atoms with Gasteiger partial charge in [-0.2, -0.15) is 0 Å². The lowest BCUT2D eigenvalue weighted by Gasteiger charge is -2.30. The minimum atomic E-state index is 0.104. The Kier molecular flexibility index (Phi) is 3.85. The summed E-state index contributed by atoms with van der Waals surface area (Å²) in [6.07, 6.45) is 6.69. The molecular weight excluding hydrogens is 288 g/mol. The highest BCUT2D eigenvalue weighted by Crippen LogP contribution is 2.30. The van der Waals surface area contributed by atoms with E-state index >= 15 is 0 Å². The highest BCUT2D eigenvalue weighted by Gasteiger charge is 2.23. The fraction of sp³-hybridized carbons (Fsp3) is 0.526. The zero-order valence-corrected chi connectivity index (χ0v) is 13.7. The fourth-order valence-electron chi connectivity index (χ4n) is 3.94. The van der Waals surface area contributed by atoms with Crippen molar-refractivity contribution in [3.05, 3.63) is 35.1 Å². The number of rotatable bonds is 3. The Balaban J connectivity index is 1.50. The van der Waals surface area contributed by atoms with Gasteiger partial charge in [0.05, 0.1) is 12.7 Å². The Labute approximate surface area is 136 Å². The van der Waals surface area contributed by atoms with Gasteiger partial charge >= 0.3 is 0 Å². The summed E-state index contributed by atoms with van der Waals surface area (Å²) in [7, 11) is 0. The number of nitrogens with one attached hydrogen (secondary N) is 2. The Morgan fingerprint density at radius 1 is 1.35 bits per heavy atom. The van der Waals surface area contributed by atoms with Crippen LogP contribution in [0.25, 0.3) is 11.0 Å². The van der Waals surface area contributed by atoms with Crippen LogP contribution in [0.2, 0.25) is 0 Å². The molecular formula is C19H24N2O2. The minimum absolute atomic E-state index is 0.104. The molecule has 2 heterocycles. The molecule has 2 atom stereocenters. The number of amides is 1. The molecule has 0 radical (unpaired) electrons. The number of benzene rings is 1. The van der Waals surface area contributed by atoms with E-state index in [1.54, 1.807) is 6.26 Å². The average Bonchev–Trinajstić information content (AvgIpc) is 3.14. The number of carbonyl (C=O) groups is 1. The molecule has 2 unspecified atom stereocenters. The van der Waals surface area contributed by atoms with Crippen molar-refractivity contribution in [2.75, 3.05) is 13.1 Å². The summed E-state index contributed by atoms with van der Waals surface area (Å²) < 4.78 is 5.70. The maximum atomic E-state index is 12.4. The van der Waals surface area contributed by atoms with Gasteiger partial charge in [0.15, 0.2) is 0 Å². The van der Waals surface area contributed by atoms with Crippen molar-refractivity contribution in [2.45, 2.75) is 45.1 Å². The first kappa shape index (κ1) is 14.8. The van der Waals surface area contributed by atoms with Crippen LogP contribution in [-0.2, 0) is 24.1 Å². The highest BCUT2D eigenvalue weighted by molar-refractivity contribution is 5.88. The average molecular weight is 312 g/mol. The summed E-state index contributed by atoms with van der Waals surface area (Å²) in [6, 6.07) is 4.68. The van der Waals surface area contributed by atoms with Gasteiger partial charge < -0.3 is 15.1 Å². The van der Waals surface area contributed by atoms with Crippen molar-refractivity contribution in [3.8, 4) is 0 Å². The van der Waals surface area contributed by atoms with Crippen LogP contribution in [0.5, 0.6) is 0 Å². The topological polar surface area (TPSA) is 54.3 Å². The predicted octanol–water partition coefficient (Wildman–Crippen LogP) is 2.58. The van der Waals surface area contributed by atoms with E-state index in [2.05, 4.69) is 29.7 Å². The Morgan fingerprint density at radius 3 is 3.00 bits per heavy atom. The molecule has 2 aromatic rings. The number of hydrogen-bond donors (Lipinski definition) is 2. The molecule has 4 nitrogen and oxygen atoms in total. The van der Waals surface area contributed by atoms with Gasteiger partial charge in [0.2, 0.25) is 5.91 Å². The van der Waals surface area contributed by atoms with Gasteiger partial charge in [-0.1, -0.05) is 6.92 Å². The molecule has 23 heavy (non-hydrogen) atoms. The highest BCUT2D eigenvalue weighted by atomic mass is 16.3. The van der Waals surface area contributed by atoms with Crippen molar-refractivity contribution in [2.24, 2.45) is 5.92 Å². The number of piperidine rings is 1. The van der Waals surface area contributed by atoms with Crippen molar-refractivity contribution in [1.29, 1.82) is 0 Å². The van der Waals surface area contributed by atoms with Crippen LogP contribution in [0.3, 0.4) is 0 Å². The third kappa shape index (κ3) is 2.88. The quantitative estimate of drug-likeness (QED) is 0.916. The van der Waals surface area contributed by atoms with E-state index in [1.807, 2.05) is 0 Å². The largest absolute Gasteiger partial charge is 0.464 e. The smallest absolute Gasteiger partial charge is 0.224 e. The monoisotopic (exact) mass is 312 g/mol. The van der Waals surface area contributed by atoms with E-state index in [1.165, 1.54) is 17.5 Å². The van der Waals surface area contributed by atoms with Crippen LogP contribution >= 0.6 is 0 Å². The molecule has 1 amide bonds. The summed E-state index contributed by atoms with van der Waals surface area (Å²) in [5, 5.41) is 7.68. The number of aryl methyl sites for hydroxylation is 2. The zero-order chi connectivity index (χ0) is 15.8. The normalized spacial score (nSPS) is 23.9. The molecule has 1 aliphatic heterocycles. The summed E-state index contributed by atoms with van der Waals surface area (Å²) in [4.78, 5) is 12.4. The molecule has 4 rings (SSSR count). The van der Waals surface area contributed by atoms with Gasteiger partial charge in [0.1, 0.15) is 5.58 Å². The molecule has 0 saturated carbocycles. The maximum Gasteiger partial charge on any atom is 0.224 e. The number of hydrogen-bond acceptors (Lipinski definition) is 3. The minimum Gasteiger partial charge on any atom is -0.464 e. The van der Waals surface area contributed by atoms with Crippen LogP contribution < -0.4 is 10.6 Å². The Hall–Kier alpha value is -1.81. The standard InChI is InChI=1S/C19H24N2O2/c1-12-10-20-6-5-17(12)21-19(22)9-15-11-23-18-8-14-4-2-3-13(14)7-16(15)18/h7-8,11-12,17,20H,2-6,9-10H2,1H3,(H,21,22). The molecule has 1 aliphatic carbocycles. The summed E-state index contributed by atoms with van der Waals surface area (Å²) in [5.41, 5.74) is 4.76. The van der Waals surface area contributed by atoms with Gasteiger partial charge in [0.25, 0.3) is 0 Å². The second-order valence-electron chi connectivity index (χ2n) is 7.05. The SMILES string of the molecule is CC1CNCCC1NC(=O)Cc1coc2cc3c(cc12)CCC3. The first-order valence-electron chi connectivity index (χ1n) is 8.72. The van der Waals surface area contributed by atoms with Crippen LogP contribution in [0.15, 0.2) is 22.8 Å². The summed E-state index contributed by atoms with van der Waals surface area (Å²) in [6.45, 7) is 4.15. The first-order valence-corrected chi connectivity index (χ1v) is 8.72. The van der Waals surface area contributed by atoms with E-state index < -0.39 is 0 Å². The lowest BCUT2D eigenvalue weighted by atomic mass is 9.95. The molecule has 1 aromatic carbocycles. The maximum absolute atomic E-state index is 12.4. The molecule has 0 bridgehead atoms. The van der Waals surface area contributed by atoms with Gasteiger partial charge in [-0.3, -0.25) is 4.79 Å². The first-order chi connectivity index (χ1) is 11.2. The Morgan fingerprint density at radius 2 is 2.17 bits per heavy atom. The second-order valence-corrected chi connectivity index (χ2v) is 7.05. The van der Waals surface area contributed by atoms with E-state index in [0.29, 0.717) is 12.3 Å². The van der Waals surface area contributed by atoms with Crippen molar-refractivity contribution in [3.63, 3.8) is 0 Å².